The number of hydrogen-bond donors (Lipinski definition) is 1. The van der Waals surface area contributed by atoms with E-state index in [1.807, 2.05) is 6.92 Å². The largest absolute Gasteiger partial charge is 0.416 e. The molecule has 1 saturated heterocycles. The van der Waals surface area contributed by atoms with E-state index >= 15 is 0 Å². The summed E-state index contributed by atoms with van der Waals surface area (Å²) >= 11 is 0. The van der Waals surface area contributed by atoms with Crippen molar-refractivity contribution in [2.75, 3.05) is 26.2 Å². The van der Waals surface area contributed by atoms with Gasteiger partial charge in [-0.05, 0) is 31.2 Å². The first-order chi connectivity index (χ1) is 12.7. The molecule has 4 nitrogen and oxygen atoms in total. The lowest BCUT2D eigenvalue weighted by atomic mass is 10.1. The molecule has 146 valence electrons. The molecule has 3 rings (SSSR count). The second kappa shape index (κ2) is 7.61. The summed E-state index contributed by atoms with van der Waals surface area (Å²) in [7, 11) is -3.53. The lowest BCUT2D eigenvalue weighted by Gasteiger charge is -2.31. The molecule has 0 saturated carbocycles. The number of hydrogen-bond acceptors (Lipinski definition) is 2. The summed E-state index contributed by atoms with van der Waals surface area (Å²) in [6.45, 7) is 4.16. The Morgan fingerprint density at radius 2 is 1.67 bits per heavy atom. The Kier molecular flexibility index (Phi) is 5.60. The Morgan fingerprint density at radius 1 is 1.04 bits per heavy atom. The van der Waals surface area contributed by atoms with Crippen LogP contribution in [0.25, 0.3) is 0 Å². The zero-order chi connectivity index (χ0) is 19.7. The van der Waals surface area contributed by atoms with Gasteiger partial charge in [0, 0.05) is 5.56 Å². The normalized spacial score (nSPS) is 17.2. The van der Waals surface area contributed by atoms with Crippen LogP contribution in [0, 0.1) is 6.92 Å². The third kappa shape index (κ3) is 4.69. The second-order valence-electron chi connectivity index (χ2n) is 6.84. The molecule has 1 aliphatic rings. The van der Waals surface area contributed by atoms with Crippen LogP contribution in [0.3, 0.4) is 0 Å². The number of aryl methyl sites for hydroxylation is 1. The Balaban J connectivity index is 1.63. The predicted molar refractivity (Wildman–Crippen MR) is 95.8 cm³/mol. The average Bonchev–Trinajstić information content (AvgIpc) is 2.62. The Bertz CT molecular complexity index is 888. The smallest absolute Gasteiger partial charge is 0.329 e. The summed E-state index contributed by atoms with van der Waals surface area (Å²) in [6, 6.07) is 12.1. The maximum Gasteiger partial charge on any atom is 0.416 e. The minimum Gasteiger partial charge on any atom is -0.329 e. The first-order valence-electron chi connectivity index (χ1n) is 8.73. The van der Waals surface area contributed by atoms with Crippen LogP contribution < -0.4 is 4.90 Å². The van der Waals surface area contributed by atoms with Crippen LogP contribution >= 0.6 is 0 Å². The molecular formula is C19H22F3N2O2S+. The highest BCUT2D eigenvalue weighted by molar-refractivity contribution is 7.89. The van der Waals surface area contributed by atoms with Gasteiger partial charge in [0.2, 0.25) is 10.0 Å². The number of nitrogens with zero attached hydrogens (tertiary/aromatic N) is 1. The zero-order valence-electron chi connectivity index (χ0n) is 15.0. The highest BCUT2D eigenvalue weighted by atomic mass is 32.2. The van der Waals surface area contributed by atoms with E-state index in [0.29, 0.717) is 38.3 Å². The molecule has 2 aromatic carbocycles. The predicted octanol–water partition coefficient (Wildman–Crippen LogP) is 2.10. The zero-order valence-corrected chi connectivity index (χ0v) is 15.8. The number of sulfonamides is 1. The van der Waals surface area contributed by atoms with Gasteiger partial charge in [-0.3, -0.25) is 0 Å². The molecule has 27 heavy (non-hydrogen) atoms. The summed E-state index contributed by atoms with van der Waals surface area (Å²) in [5.41, 5.74) is 0.943. The van der Waals surface area contributed by atoms with Crippen molar-refractivity contribution in [2.45, 2.75) is 24.5 Å². The van der Waals surface area contributed by atoms with E-state index in [1.165, 1.54) is 16.4 Å². The third-order valence-electron chi connectivity index (χ3n) is 4.80. The van der Waals surface area contributed by atoms with Gasteiger partial charge in [0.25, 0.3) is 0 Å². The minimum atomic E-state index is -4.36. The van der Waals surface area contributed by atoms with E-state index < -0.39 is 21.8 Å². The van der Waals surface area contributed by atoms with E-state index in [9.17, 15) is 21.6 Å². The fourth-order valence-corrected chi connectivity index (χ4v) is 4.67. The first kappa shape index (κ1) is 19.9. The number of piperazine rings is 1. The topological polar surface area (TPSA) is 41.8 Å². The van der Waals surface area contributed by atoms with Crippen LogP contribution in [0.4, 0.5) is 13.2 Å². The molecule has 0 spiro atoms. The molecule has 0 aliphatic carbocycles. The number of nitrogens with one attached hydrogen (secondary N) is 1. The van der Waals surface area contributed by atoms with Crippen molar-refractivity contribution in [3.8, 4) is 0 Å². The van der Waals surface area contributed by atoms with Crippen molar-refractivity contribution in [3.05, 3.63) is 65.2 Å². The molecule has 0 unspecified atom stereocenters. The summed E-state index contributed by atoms with van der Waals surface area (Å²) in [5.74, 6) is 0. The number of halogens is 3. The van der Waals surface area contributed by atoms with Crippen molar-refractivity contribution in [1.29, 1.82) is 0 Å². The molecule has 0 aromatic heterocycles. The van der Waals surface area contributed by atoms with Gasteiger partial charge in [-0.15, -0.1) is 0 Å². The minimum absolute atomic E-state index is 0.273. The molecule has 0 atom stereocenters. The molecule has 0 radical (unpaired) electrons. The lowest BCUT2D eigenvalue weighted by molar-refractivity contribution is -0.917. The lowest BCUT2D eigenvalue weighted by Crippen LogP contribution is -3.13. The summed E-state index contributed by atoms with van der Waals surface area (Å²) in [4.78, 5) is 1.35. The van der Waals surface area contributed by atoms with Crippen LogP contribution in [-0.2, 0) is 22.7 Å². The Labute approximate surface area is 157 Å². The maximum atomic E-state index is 12.8. The standard InChI is InChI=1S/C19H21F3N2O2S/c1-15-5-7-18(8-6-15)27(25,26)24-11-9-23(10-12-24)14-16-3-2-4-17(13-16)19(20,21)22/h2-8,13H,9-12,14H2,1H3/p+1. The van der Waals surface area contributed by atoms with E-state index in [2.05, 4.69) is 0 Å². The first-order valence-corrected chi connectivity index (χ1v) is 10.2. The highest BCUT2D eigenvalue weighted by Gasteiger charge is 2.32. The highest BCUT2D eigenvalue weighted by Crippen LogP contribution is 2.29. The van der Waals surface area contributed by atoms with Crippen LogP contribution in [-0.4, -0.2) is 38.9 Å². The molecule has 0 amide bonds. The molecule has 0 bridgehead atoms. The second-order valence-corrected chi connectivity index (χ2v) is 8.78. The third-order valence-corrected chi connectivity index (χ3v) is 6.71. The quantitative estimate of drug-likeness (QED) is 0.856. The van der Waals surface area contributed by atoms with Crippen molar-refractivity contribution in [1.82, 2.24) is 4.31 Å². The number of quaternary nitrogens is 1. The van der Waals surface area contributed by atoms with Gasteiger partial charge in [-0.2, -0.15) is 17.5 Å². The van der Waals surface area contributed by atoms with Crippen LogP contribution in [0.1, 0.15) is 16.7 Å². The van der Waals surface area contributed by atoms with Gasteiger partial charge in [0.1, 0.15) is 6.54 Å². The molecule has 8 heteroatoms. The van der Waals surface area contributed by atoms with Crippen molar-refractivity contribution < 1.29 is 26.5 Å². The van der Waals surface area contributed by atoms with E-state index in [-0.39, 0.29) is 4.90 Å². The molecule has 1 N–H and O–H groups in total. The van der Waals surface area contributed by atoms with Crippen molar-refractivity contribution in [3.63, 3.8) is 0 Å². The number of rotatable bonds is 4. The molecular weight excluding hydrogens is 377 g/mol. The average molecular weight is 399 g/mol. The van der Waals surface area contributed by atoms with Crippen molar-refractivity contribution >= 4 is 10.0 Å². The molecule has 1 fully saturated rings. The monoisotopic (exact) mass is 399 g/mol. The molecule has 1 aliphatic heterocycles. The van der Waals surface area contributed by atoms with Gasteiger partial charge in [0.05, 0.1) is 36.6 Å². The van der Waals surface area contributed by atoms with Crippen molar-refractivity contribution in [2.24, 2.45) is 0 Å². The number of alkyl halides is 3. The van der Waals surface area contributed by atoms with Crippen LogP contribution in [0.5, 0.6) is 0 Å². The van der Waals surface area contributed by atoms with E-state index in [1.54, 1.807) is 30.3 Å². The van der Waals surface area contributed by atoms with Gasteiger partial charge >= 0.3 is 6.18 Å². The van der Waals surface area contributed by atoms with E-state index in [0.717, 1.165) is 16.5 Å². The van der Waals surface area contributed by atoms with Gasteiger partial charge < -0.3 is 4.90 Å². The summed E-state index contributed by atoms with van der Waals surface area (Å²) < 4.78 is 65.4. The van der Waals surface area contributed by atoms with Gasteiger partial charge in [-0.1, -0.05) is 29.8 Å². The molecule has 1 heterocycles. The van der Waals surface area contributed by atoms with Crippen LogP contribution in [0.15, 0.2) is 53.4 Å². The maximum absolute atomic E-state index is 12.8. The van der Waals surface area contributed by atoms with Gasteiger partial charge in [-0.25, -0.2) is 8.42 Å². The molecule has 2 aromatic rings. The Morgan fingerprint density at radius 3 is 2.26 bits per heavy atom. The fourth-order valence-electron chi connectivity index (χ4n) is 3.23. The SMILES string of the molecule is Cc1ccc(S(=O)(=O)N2CC[NH+](Cc3cccc(C(F)(F)F)c3)CC2)cc1. The van der Waals surface area contributed by atoms with Gasteiger partial charge in [0.15, 0.2) is 0 Å². The summed E-state index contributed by atoms with van der Waals surface area (Å²) in [5, 5.41) is 0. The van der Waals surface area contributed by atoms with Crippen LogP contribution in [0.2, 0.25) is 0 Å². The summed E-state index contributed by atoms with van der Waals surface area (Å²) in [6.07, 6.45) is -4.36. The fraction of sp³-hybridized carbons (Fsp3) is 0.368. The van der Waals surface area contributed by atoms with E-state index in [4.69, 9.17) is 0 Å². The Hall–Kier alpha value is -1.90. The number of benzene rings is 2.